The van der Waals surface area contributed by atoms with Gasteiger partial charge >= 0.3 is 0 Å². The molecule has 2 rings (SSSR count). The van der Waals surface area contributed by atoms with Crippen molar-refractivity contribution in [3.63, 3.8) is 0 Å². The van der Waals surface area contributed by atoms with E-state index in [2.05, 4.69) is 6.07 Å². The molecule has 1 atom stereocenters. The maximum absolute atomic E-state index is 12.7. The second-order valence-electron chi connectivity index (χ2n) is 5.67. The molecule has 0 radical (unpaired) electrons. The van der Waals surface area contributed by atoms with Gasteiger partial charge in [0.15, 0.2) is 0 Å². The summed E-state index contributed by atoms with van der Waals surface area (Å²) in [6.07, 6.45) is 6.63. The van der Waals surface area contributed by atoms with Crippen molar-refractivity contribution in [2.75, 3.05) is 6.54 Å². The molecule has 104 valence electrons. The first-order valence-electron chi connectivity index (χ1n) is 7.12. The minimum Gasteiger partial charge on any atom is -0.368 e. The van der Waals surface area contributed by atoms with Crippen LogP contribution in [-0.2, 0) is 9.59 Å². The number of nitrogens with two attached hydrogens (primary N) is 1. The molecule has 5 nitrogen and oxygen atoms in total. The Bertz CT molecular complexity index is 405. The van der Waals surface area contributed by atoms with E-state index in [1.807, 2.05) is 0 Å². The van der Waals surface area contributed by atoms with Gasteiger partial charge in [-0.3, -0.25) is 9.59 Å². The lowest BCUT2D eigenvalue weighted by Gasteiger charge is -2.31. The summed E-state index contributed by atoms with van der Waals surface area (Å²) < 4.78 is 0. The first-order chi connectivity index (χ1) is 9.10. The number of likely N-dealkylation sites (tertiary alicyclic amines) is 1. The van der Waals surface area contributed by atoms with E-state index >= 15 is 0 Å². The largest absolute Gasteiger partial charge is 0.368 e. The highest BCUT2D eigenvalue weighted by atomic mass is 16.2. The molecule has 5 heteroatoms. The monoisotopic (exact) mass is 263 g/mol. The van der Waals surface area contributed by atoms with Crippen LogP contribution in [0.3, 0.4) is 0 Å². The summed E-state index contributed by atoms with van der Waals surface area (Å²) in [5.41, 5.74) is 4.43. The topological polar surface area (TPSA) is 87.2 Å². The lowest BCUT2D eigenvalue weighted by molar-refractivity contribution is -0.144. The van der Waals surface area contributed by atoms with Crippen molar-refractivity contribution in [3.8, 4) is 6.07 Å². The Morgan fingerprint density at radius 2 is 1.79 bits per heavy atom. The van der Waals surface area contributed by atoms with Crippen molar-refractivity contribution >= 4 is 11.8 Å². The minimum atomic E-state index is -0.922. The normalized spacial score (nSPS) is 26.5. The van der Waals surface area contributed by atoms with Gasteiger partial charge in [0.25, 0.3) is 0 Å². The number of carbonyl (C=O) groups excluding carboxylic acids is 2. The zero-order chi connectivity index (χ0) is 13.9. The predicted molar refractivity (Wildman–Crippen MR) is 69.7 cm³/mol. The maximum atomic E-state index is 12.7. The number of primary amides is 1. The number of nitrogens with zero attached hydrogens (tertiary/aromatic N) is 2. The summed E-state index contributed by atoms with van der Waals surface area (Å²) in [4.78, 5) is 25.7. The van der Waals surface area contributed by atoms with Crippen LogP contribution in [0.5, 0.6) is 0 Å². The average molecular weight is 263 g/mol. The van der Waals surface area contributed by atoms with Gasteiger partial charge in [-0.15, -0.1) is 0 Å². The van der Waals surface area contributed by atoms with Gasteiger partial charge in [-0.25, -0.2) is 0 Å². The molecule has 2 amide bonds. The van der Waals surface area contributed by atoms with Crippen LogP contribution in [0.1, 0.15) is 51.4 Å². The SMILES string of the molecule is N#CC1(C(=O)N2CCCC2C(N)=O)CCCCCC1. The Hall–Kier alpha value is -1.57. The number of hydrogen-bond donors (Lipinski definition) is 1. The molecule has 1 heterocycles. The average Bonchev–Trinajstić information content (AvgIpc) is 2.76. The summed E-state index contributed by atoms with van der Waals surface area (Å²) in [5, 5.41) is 9.51. The van der Waals surface area contributed by atoms with Crippen LogP contribution < -0.4 is 5.73 Å². The summed E-state index contributed by atoms with van der Waals surface area (Å²) >= 11 is 0. The summed E-state index contributed by atoms with van der Waals surface area (Å²) in [6, 6.07) is 1.74. The highest BCUT2D eigenvalue weighted by Gasteiger charge is 2.45. The number of amides is 2. The molecule has 2 N–H and O–H groups in total. The third-order valence-corrected chi connectivity index (χ3v) is 4.42. The van der Waals surface area contributed by atoms with E-state index in [4.69, 9.17) is 5.73 Å². The van der Waals surface area contributed by atoms with Gasteiger partial charge in [0.2, 0.25) is 11.8 Å². The second kappa shape index (κ2) is 5.60. The third-order valence-electron chi connectivity index (χ3n) is 4.42. The van der Waals surface area contributed by atoms with Crippen molar-refractivity contribution in [3.05, 3.63) is 0 Å². The quantitative estimate of drug-likeness (QED) is 0.762. The first kappa shape index (κ1) is 13.9. The summed E-state index contributed by atoms with van der Waals surface area (Å²) in [7, 11) is 0. The zero-order valence-corrected chi connectivity index (χ0v) is 11.2. The predicted octanol–water partition coefficient (Wildman–Crippen LogP) is 1.33. The van der Waals surface area contributed by atoms with Crippen LogP contribution in [-0.4, -0.2) is 29.3 Å². The van der Waals surface area contributed by atoms with E-state index in [0.717, 1.165) is 32.1 Å². The molecule has 19 heavy (non-hydrogen) atoms. The van der Waals surface area contributed by atoms with Crippen LogP contribution in [0.15, 0.2) is 0 Å². The van der Waals surface area contributed by atoms with Crippen molar-refractivity contribution < 1.29 is 9.59 Å². The van der Waals surface area contributed by atoms with Gasteiger partial charge < -0.3 is 10.6 Å². The van der Waals surface area contributed by atoms with E-state index in [0.29, 0.717) is 25.8 Å². The Morgan fingerprint density at radius 3 is 2.32 bits per heavy atom. The fraction of sp³-hybridized carbons (Fsp3) is 0.786. The summed E-state index contributed by atoms with van der Waals surface area (Å²) in [5.74, 6) is -0.620. The molecule has 1 aliphatic carbocycles. The van der Waals surface area contributed by atoms with E-state index in [1.165, 1.54) is 0 Å². The van der Waals surface area contributed by atoms with Crippen molar-refractivity contribution in [2.45, 2.75) is 57.4 Å². The Labute approximate surface area is 113 Å². The van der Waals surface area contributed by atoms with Gasteiger partial charge in [-0.1, -0.05) is 25.7 Å². The lowest BCUT2D eigenvalue weighted by atomic mass is 9.80. The van der Waals surface area contributed by atoms with Gasteiger partial charge in [-0.05, 0) is 25.7 Å². The summed E-state index contributed by atoms with van der Waals surface area (Å²) in [6.45, 7) is 0.551. The molecular formula is C14H21N3O2. The molecule has 2 fully saturated rings. The van der Waals surface area contributed by atoms with E-state index in [9.17, 15) is 14.9 Å². The number of hydrogen-bond acceptors (Lipinski definition) is 3. The Kier molecular flexibility index (Phi) is 4.08. The van der Waals surface area contributed by atoms with Gasteiger partial charge in [0.05, 0.1) is 6.07 Å². The van der Waals surface area contributed by atoms with Crippen molar-refractivity contribution in [1.29, 1.82) is 5.26 Å². The van der Waals surface area contributed by atoms with Crippen molar-refractivity contribution in [1.82, 2.24) is 4.90 Å². The number of nitriles is 1. The fourth-order valence-corrected chi connectivity index (χ4v) is 3.29. The standard InChI is InChI=1S/C14H21N3O2/c15-10-14(7-3-1-2-4-8-14)13(19)17-9-5-6-11(17)12(16)18/h11H,1-9H2,(H2,16,18). The van der Waals surface area contributed by atoms with Crippen molar-refractivity contribution in [2.24, 2.45) is 11.1 Å². The van der Waals surface area contributed by atoms with Crippen LogP contribution in [0.2, 0.25) is 0 Å². The molecule has 0 aromatic heterocycles. The highest BCUT2D eigenvalue weighted by Crippen LogP contribution is 2.38. The molecule has 1 saturated heterocycles. The molecule has 2 aliphatic rings. The Balaban J connectivity index is 2.20. The van der Waals surface area contributed by atoms with E-state index < -0.39 is 17.4 Å². The van der Waals surface area contributed by atoms with E-state index in [1.54, 1.807) is 4.90 Å². The molecule has 1 saturated carbocycles. The molecule has 1 aliphatic heterocycles. The minimum absolute atomic E-state index is 0.168. The number of rotatable bonds is 2. The fourth-order valence-electron chi connectivity index (χ4n) is 3.29. The second-order valence-corrected chi connectivity index (χ2v) is 5.67. The molecule has 1 unspecified atom stereocenters. The molecular weight excluding hydrogens is 242 g/mol. The third kappa shape index (κ3) is 2.58. The van der Waals surface area contributed by atoms with Crippen LogP contribution in [0.25, 0.3) is 0 Å². The highest BCUT2D eigenvalue weighted by molar-refractivity contribution is 5.91. The zero-order valence-electron chi connectivity index (χ0n) is 11.2. The molecule has 0 bridgehead atoms. The van der Waals surface area contributed by atoms with Crippen LogP contribution in [0.4, 0.5) is 0 Å². The van der Waals surface area contributed by atoms with Gasteiger partial charge in [0.1, 0.15) is 11.5 Å². The molecule has 0 aromatic carbocycles. The van der Waals surface area contributed by atoms with Crippen LogP contribution >= 0.6 is 0 Å². The van der Waals surface area contributed by atoms with E-state index in [-0.39, 0.29) is 5.91 Å². The first-order valence-corrected chi connectivity index (χ1v) is 7.12. The van der Waals surface area contributed by atoms with Gasteiger partial charge in [0, 0.05) is 6.54 Å². The molecule has 0 spiro atoms. The Morgan fingerprint density at radius 1 is 1.16 bits per heavy atom. The smallest absolute Gasteiger partial charge is 0.243 e. The lowest BCUT2D eigenvalue weighted by Crippen LogP contribution is -2.49. The molecule has 0 aromatic rings. The van der Waals surface area contributed by atoms with Gasteiger partial charge in [-0.2, -0.15) is 5.26 Å². The van der Waals surface area contributed by atoms with Crippen LogP contribution in [0, 0.1) is 16.7 Å². The maximum Gasteiger partial charge on any atom is 0.243 e. The number of carbonyl (C=O) groups is 2.